The lowest BCUT2D eigenvalue weighted by molar-refractivity contribution is -0.138. The molecule has 2 aromatic heterocycles. The lowest BCUT2D eigenvalue weighted by Crippen LogP contribution is -2.35. The fraction of sp³-hybridized carbons (Fsp3) is 0.417. The van der Waals surface area contributed by atoms with E-state index >= 15 is 0 Å². The zero-order valence-corrected chi connectivity index (χ0v) is 19.0. The summed E-state index contributed by atoms with van der Waals surface area (Å²) in [6.07, 6.45) is 0.832. The Hall–Kier alpha value is -3.82. The Morgan fingerprint density at radius 3 is 1.32 bits per heavy atom. The fourth-order valence-electron chi connectivity index (χ4n) is 4.52. The summed E-state index contributed by atoms with van der Waals surface area (Å²) >= 11 is 0. The molecule has 0 saturated carbocycles. The van der Waals surface area contributed by atoms with Gasteiger partial charge in [-0.3, -0.25) is 28.8 Å². The van der Waals surface area contributed by atoms with E-state index in [4.69, 9.17) is 10.2 Å². The first-order chi connectivity index (χ1) is 16.1. The molecule has 0 aromatic carbocycles. The van der Waals surface area contributed by atoms with Crippen molar-refractivity contribution in [3.8, 4) is 0 Å². The first kappa shape index (κ1) is 24.8. The van der Waals surface area contributed by atoms with Gasteiger partial charge in [-0.25, -0.2) is 0 Å². The minimum atomic E-state index is -1.10. The van der Waals surface area contributed by atoms with E-state index < -0.39 is 34.6 Å². The number of carboxylic acid groups (broad SMARTS) is 2. The van der Waals surface area contributed by atoms with Gasteiger partial charge in [0.2, 0.25) is 5.78 Å². The Balaban J connectivity index is 2.32. The van der Waals surface area contributed by atoms with Crippen molar-refractivity contribution in [3.05, 3.63) is 65.5 Å². The maximum absolute atomic E-state index is 13.8. The van der Waals surface area contributed by atoms with Gasteiger partial charge in [-0.15, -0.1) is 0 Å². The van der Waals surface area contributed by atoms with Crippen LogP contribution in [0.3, 0.4) is 0 Å². The van der Waals surface area contributed by atoms with Gasteiger partial charge in [0, 0.05) is 24.0 Å². The number of carbonyl (C=O) groups is 4. The molecule has 34 heavy (non-hydrogen) atoms. The van der Waals surface area contributed by atoms with Gasteiger partial charge in [0.05, 0.1) is 11.1 Å². The number of ketones is 2. The molecule has 0 radical (unpaired) electrons. The Bertz CT molecular complexity index is 1220. The molecule has 4 N–H and O–H groups in total. The first-order valence-electron chi connectivity index (χ1n) is 11.2. The molecule has 0 amide bonds. The number of hydrogen-bond donors (Lipinski definition) is 4. The van der Waals surface area contributed by atoms with Crippen LogP contribution in [0.4, 0.5) is 0 Å². The maximum Gasteiger partial charge on any atom is 0.303 e. The number of hydrogen-bond acceptors (Lipinski definition) is 6. The Kier molecular flexibility index (Phi) is 7.29. The number of rotatable bonds is 10. The lowest BCUT2D eigenvalue weighted by Gasteiger charge is -2.24. The molecule has 0 unspecified atom stereocenters. The quantitative estimate of drug-likeness (QED) is 0.347. The molecule has 0 spiro atoms. The maximum atomic E-state index is 13.8. The first-order valence-corrected chi connectivity index (χ1v) is 11.2. The van der Waals surface area contributed by atoms with Crippen LogP contribution in [0.2, 0.25) is 0 Å². The van der Waals surface area contributed by atoms with Crippen molar-refractivity contribution in [2.45, 2.75) is 65.2 Å². The van der Waals surface area contributed by atoms with E-state index in [2.05, 4.69) is 9.97 Å². The molecule has 1 aliphatic carbocycles. The Labute approximate surface area is 194 Å². The molecule has 0 fully saturated rings. The van der Waals surface area contributed by atoms with Crippen LogP contribution in [0.15, 0.2) is 9.59 Å². The summed E-state index contributed by atoms with van der Waals surface area (Å²) in [5.74, 6) is -3.45. The molecule has 0 atom stereocenters. The molecule has 1 aliphatic rings. The number of aliphatic carboxylic acids is 2. The smallest absolute Gasteiger partial charge is 0.303 e. The van der Waals surface area contributed by atoms with E-state index in [0.717, 1.165) is 0 Å². The van der Waals surface area contributed by atoms with Crippen molar-refractivity contribution >= 4 is 23.5 Å². The third-order valence-electron chi connectivity index (χ3n) is 5.94. The third kappa shape index (κ3) is 4.48. The van der Waals surface area contributed by atoms with Crippen molar-refractivity contribution in [1.82, 2.24) is 9.97 Å². The van der Waals surface area contributed by atoms with Crippen LogP contribution in [0.25, 0.3) is 0 Å². The number of pyridine rings is 2. The molecular formula is C24H26N2O8. The van der Waals surface area contributed by atoms with Crippen molar-refractivity contribution < 1.29 is 29.4 Å². The van der Waals surface area contributed by atoms with Crippen molar-refractivity contribution in [2.75, 3.05) is 0 Å². The highest BCUT2D eigenvalue weighted by molar-refractivity contribution is 6.28. The molecule has 10 nitrogen and oxygen atoms in total. The summed E-state index contributed by atoms with van der Waals surface area (Å²) in [6, 6.07) is 0. The fourth-order valence-corrected chi connectivity index (χ4v) is 4.52. The predicted molar refractivity (Wildman–Crippen MR) is 121 cm³/mol. The second-order valence-electron chi connectivity index (χ2n) is 8.27. The number of aromatic amines is 2. The van der Waals surface area contributed by atoms with E-state index in [1.165, 1.54) is 0 Å². The highest BCUT2D eigenvalue weighted by atomic mass is 16.4. The molecule has 0 bridgehead atoms. The van der Waals surface area contributed by atoms with Gasteiger partial charge in [-0.1, -0.05) is 26.7 Å². The van der Waals surface area contributed by atoms with Crippen molar-refractivity contribution in [1.29, 1.82) is 0 Å². The molecule has 10 heteroatoms. The summed E-state index contributed by atoms with van der Waals surface area (Å²) in [7, 11) is 0. The second-order valence-corrected chi connectivity index (χ2v) is 8.27. The van der Waals surface area contributed by atoms with Gasteiger partial charge in [0.25, 0.3) is 11.1 Å². The van der Waals surface area contributed by atoms with Crippen LogP contribution < -0.4 is 11.1 Å². The number of nitrogens with one attached hydrogen (secondary N) is 2. The van der Waals surface area contributed by atoms with E-state index in [0.29, 0.717) is 24.0 Å². The van der Waals surface area contributed by atoms with E-state index in [1.54, 1.807) is 0 Å². The molecule has 180 valence electrons. The van der Waals surface area contributed by atoms with E-state index in [1.807, 2.05) is 13.8 Å². The largest absolute Gasteiger partial charge is 0.481 e. The average molecular weight is 470 g/mol. The topological polar surface area (TPSA) is 174 Å². The predicted octanol–water partition coefficient (Wildman–Crippen LogP) is 1.78. The van der Waals surface area contributed by atoms with Crippen LogP contribution in [-0.2, 0) is 35.3 Å². The molecule has 0 saturated heterocycles. The van der Waals surface area contributed by atoms with Gasteiger partial charge >= 0.3 is 11.9 Å². The van der Waals surface area contributed by atoms with E-state index in [9.17, 15) is 28.8 Å². The standard InChI is InChI=1S/C24H26N2O8/c1-3-5-11-13(7-9-15(27)28)23(33)25-19-17(11)21(31)18-12(6-4-2)14(8-10-16(29)30)24(34)26-20(18)22(19)32/h3-10H2,1-2H3,(H,25,33)(H,26,34)(H,27,28)(H,29,30). The second kappa shape index (κ2) is 9.98. The van der Waals surface area contributed by atoms with Crippen molar-refractivity contribution in [2.24, 2.45) is 0 Å². The SMILES string of the molecule is CCCc1c2c([nH]c(=O)c1CCC(=O)O)C(=O)c1[nH]c(=O)c(CCC(=O)O)c(CCC)c1C2=O. The Morgan fingerprint density at radius 1 is 0.618 bits per heavy atom. The molecule has 3 rings (SSSR count). The minimum Gasteiger partial charge on any atom is -0.481 e. The highest BCUT2D eigenvalue weighted by Gasteiger charge is 2.37. The number of aromatic nitrogens is 2. The normalized spacial score (nSPS) is 12.4. The monoisotopic (exact) mass is 470 g/mol. The third-order valence-corrected chi connectivity index (χ3v) is 5.94. The van der Waals surface area contributed by atoms with Crippen LogP contribution in [0.5, 0.6) is 0 Å². The summed E-state index contributed by atoms with van der Waals surface area (Å²) in [6.45, 7) is 3.67. The number of carbonyl (C=O) groups excluding carboxylic acids is 2. The van der Waals surface area contributed by atoms with Gasteiger partial charge < -0.3 is 20.2 Å². The number of H-pyrrole nitrogens is 2. The van der Waals surface area contributed by atoms with Gasteiger partial charge in [-0.2, -0.15) is 0 Å². The molecular weight excluding hydrogens is 444 g/mol. The minimum absolute atomic E-state index is 0.0212. The van der Waals surface area contributed by atoms with Crippen LogP contribution in [0, 0.1) is 0 Å². The van der Waals surface area contributed by atoms with Crippen molar-refractivity contribution in [3.63, 3.8) is 0 Å². The average Bonchev–Trinajstić information content (AvgIpc) is 2.76. The molecule has 2 heterocycles. The summed E-state index contributed by atoms with van der Waals surface area (Å²) in [5, 5.41) is 18.2. The van der Waals surface area contributed by atoms with E-state index in [-0.39, 0.29) is 72.2 Å². The highest BCUT2D eigenvalue weighted by Crippen LogP contribution is 2.32. The van der Waals surface area contributed by atoms with Crippen LogP contribution in [0.1, 0.15) is 93.9 Å². The van der Waals surface area contributed by atoms with Crippen LogP contribution in [-0.4, -0.2) is 43.7 Å². The van der Waals surface area contributed by atoms with Gasteiger partial charge in [0.15, 0.2) is 5.78 Å². The molecule has 2 aromatic rings. The summed E-state index contributed by atoms with van der Waals surface area (Å²) < 4.78 is 0. The zero-order chi connectivity index (χ0) is 25.2. The van der Waals surface area contributed by atoms with Crippen LogP contribution >= 0.6 is 0 Å². The molecule has 0 aliphatic heterocycles. The summed E-state index contributed by atoms with van der Waals surface area (Å²) in [4.78, 5) is 79.8. The summed E-state index contributed by atoms with van der Waals surface area (Å²) in [5.41, 5.74) is -0.687. The number of fused-ring (bicyclic) bond motifs is 2. The van der Waals surface area contributed by atoms with Gasteiger partial charge in [0.1, 0.15) is 11.4 Å². The zero-order valence-electron chi connectivity index (χ0n) is 19.0. The number of carboxylic acids is 2. The lowest BCUT2D eigenvalue weighted by atomic mass is 9.80. The Morgan fingerprint density at radius 2 is 1.00 bits per heavy atom. The van der Waals surface area contributed by atoms with Gasteiger partial charge in [-0.05, 0) is 36.8 Å².